The topological polar surface area (TPSA) is 57.6 Å². The lowest BCUT2D eigenvalue weighted by Crippen LogP contribution is -2.30. The van der Waals surface area contributed by atoms with Crippen LogP contribution >= 0.6 is 0 Å². The maximum atomic E-state index is 13.6. The molecule has 3 rings (SSSR count). The third kappa shape index (κ3) is 3.37. The van der Waals surface area contributed by atoms with E-state index in [4.69, 9.17) is 0 Å². The van der Waals surface area contributed by atoms with Gasteiger partial charge in [-0.3, -0.25) is 9.59 Å². The summed E-state index contributed by atoms with van der Waals surface area (Å²) >= 11 is 0. The quantitative estimate of drug-likeness (QED) is 0.499. The first-order valence-electron chi connectivity index (χ1n) is 8.96. The van der Waals surface area contributed by atoms with Crippen LogP contribution in [0.5, 0.6) is 0 Å². The fourth-order valence-corrected chi connectivity index (χ4v) is 3.49. The number of carbonyl (C=O) groups is 2. The maximum Gasteiger partial charge on any atom is 0.295 e. The fraction of sp³-hybridized carbons (Fsp3) is 0.273. The van der Waals surface area contributed by atoms with Crippen LogP contribution in [0.3, 0.4) is 0 Å². The summed E-state index contributed by atoms with van der Waals surface area (Å²) in [6.45, 7) is 5.84. The number of benzene rings is 2. The molecule has 5 heteroatoms. The number of nitrogens with zero attached hydrogens (tertiary/aromatic N) is 1. The molecule has 0 bridgehead atoms. The molecule has 140 valence electrons. The lowest BCUT2D eigenvalue weighted by Gasteiger charge is -2.25. The van der Waals surface area contributed by atoms with E-state index in [9.17, 15) is 19.1 Å². The van der Waals surface area contributed by atoms with Crippen LogP contribution in [0.1, 0.15) is 41.6 Å². The summed E-state index contributed by atoms with van der Waals surface area (Å²) in [5.74, 6) is -2.01. The molecule has 1 N–H and O–H groups in total. The molecule has 1 heterocycles. The van der Waals surface area contributed by atoms with Crippen LogP contribution in [0.2, 0.25) is 0 Å². The smallest absolute Gasteiger partial charge is 0.295 e. The Balaban J connectivity index is 2.21. The zero-order valence-corrected chi connectivity index (χ0v) is 15.6. The van der Waals surface area contributed by atoms with Gasteiger partial charge in [-0.1, -0.05) is 36.8 Å². The summed E-state index contributed by atoms with van der Waals surface area (Å²) in [5, 5.41) is 10.9. The van der Waals surface area contributed by atoms with Crippen molar-refractivity contribution in [2.45, 2.75) is 33.2 Å². The molecule has 1 unspecified atom stereocenters. The van der Waals surface area contributed by atoms with Crippen LogP contribution in [0.15, 0.2) is 48.0 Å². The zero-order chi connectivity index (χ0) is 19.7. The Kier molecular flexibility index (Phi) is 5.13. The van der Waals surface area contributed by atoms with Crippen molar-refractivity contribution in [3.8, 4) is 0 Å². The average Bonchev–Trinajstić information content (AvgIpc) is 2.89. The van der Waals surface area contributed by atoms with E-state index in [1.807, 2.05) is 38.1 Å². The van der Waals surface area contributed by atoms with Crippen LogP contribution in [0.25, 0.3) is 5.76 Å². The van der Waals surface area contributed by atoms with E-state index in [0.29, 0.717) is 24.1 Å². The van der Waals surface area contributed by atoms with Crippen LogP contribution in [-0.2, 0) is 9.59 Å². The molecule has 0 aliphatic carbocycles. The van der Waals surface area contributed by atoms with E-state index < -0.39 is 23.5 Å². The van der Waals surface area contributed by atoms with Crippen LogP contribution < -0.4 is 0 Å². The van der Waals surface area contributed by atoms with E-state index in [2.05, 4.69) is 0 Å². The Hall–Kier alpha value is -2.95. The van der Waals surface area contributed by atoms with Crippen molar-refractivity contribution < 1.29 is 19.1 Å². The molecule has 1 aliphatic rings. The lowest BCUT2D eigenvalue weighted by molar-refractivity contribution is -0.139. The van der Waals surface area contributed by atoms with Crippen LogP contribution in [0.4, 0.5) is 4.39 Å². The molecular formula is C22H22FNO3. The normalized spacial score (nSPS) is 19.0. The molecule has 1 aliphatic heterocycles. The lowest BCUT2D eigenvalue weighted by atomic mass is 9.94. The van der Waals surface area contributed by atoms with Gasteiger partial charge in [-0.15, -0.1) is 0 Å². The Labute approximate surface area is 157 Å². The van der Waals surface area contributed by atoms with Gasteiger partial charge < -0.3 is 10.0 Å². The van der Waals surface area contributed by atoms with E-state index in [-0.39, 0.29) is 11.3 Å². The predicted octanol–water partition coefficient (Wildman–Crippen LogP) is 4.27. The van der Waals surface area contributed by atoms with Gasteiger partial charge in [-0.25, -0.2) is 4.39 Å². The van der Waals surface area contributed by atoms with Crippen molar-refractivity contribution >= 4 is 17.4 Å². The van der Waals surface area contributed by atoms with Gasteiger partial charge in [0.05, 0.1) is 11.6 Å². The van der Waals surface area contributed by atoms with Crippen LogP contribution in [-0.4, -0.2) is 28.2 Å². The summed E-state index contributed by atoms with van der Waals surface area (Å²) in [6, 6.07) is 11.0. The molecule has 2 aromatic rings. The summed E-state index contributed by atoms with van der Waals surface area (Å²) in [7, 11) is 0. The second-order valence-corrected chi connectivity index (χ2v) is 6.87. The minimum absolute atomic E-state index is 0.0464. The van der Waals surface area contributed by atoms with Crippen molar-refractivity contribution in [2.24, 2.45) is 0 Å². The summed E-state index contributed by atoms with van der Waals surface area (Å²) in [6.07, 6.45) is 0.686. The van der Waals surface area contributed by atoms with Crippen molar-refractivity contribution in [3.05, 3.63) is 76.1 Å². The molecule has 1 saturated heterocycles. The Bertz CT molecular complexity index is 948. The first kappa shape index (κ1) is 18.8. The molecule has 1 fully saturated rings. The van der Waals surface area contributed by atoms with Crippen molar-refractivity contribution in [2.75, 3.05) is 6.54 Å². The third-order valence-electron chi connectivity index (χ3n) is 4.79. The highest BCUT2D eigenvalue weighted by atomic mass is 19.1. The number of carbonyl (C=O) groups excluding carboxylic acids is 2. The molecule has 1 atom stereocenters. The summed E-state index contributed by atoms with van der Waals surface area (Å²) < 4.78 is 13.6. The highest BCUT2D eigenvalue weighted by Gasteiger charge is 2.45. The second kappa shape index (κ2) is 7.35. The van der Waals surface area contributed by atoms with Gasteiger partial charge in [0.25, 0.3) is 11.7 Å². The molecule has 4 nitrogen and oxygen atoms in total. The van der Waals surface area contributed by atoms with Gasteiger partial charge in [0, 0.05) is 12.1 Å². The summed E-state index contributed by atoms with van der Waals surface area (Å²) in [5.41, 5.74) is 2.48. The molecule has 0 radical (unpaired) electrons. The molecule has 0 saturated carbocycles. The molecule has 2 aromatic carbocycles. The number of rotatable bonds is 4. The highest BCUT2D eigenvalue weighted by molar-refractivity contribution is 6.46. The number of likely N-dealkylation sites (tertiary alicyclic amines) is 1. The number of halogens is 1. The van der Waals surface area contributed by atoms with Gasteiger partial charge in [-0.05, 0) is 49.6 Å². The zero-order valence-electron chi connectivity index (χ0n) is 15.6. The van der Waals surface area contributed by atoms with E-state index in [1.54, 1.807) is 6.92 Å². The number of amides is 1. The largest absolute Gasteiger partial charge is 0.507 e. The first-order chi connectivity index (χ1) is 12.8. The highest BCUT2D eigenvalue weighted by Crippen LogP contribution is 2.39. The minimum Gasteiger partial charge on any atom is -0.507 e. The number of aliphatic hydroxyl groups excluding tert-OH is 1. The molecule has 1 amide bonds. The molecule has 27 heavy (non-hydrogen) atoms. The minimum atomic E-state index is -0.713. The fourth-order valence-electron chi connectivity index (χ4n) is 3.49. The van der Waals surface area contributed by atoms with Crippen molar-refractivity contribution in [3.63, 3.8) is 0 Å². The SMILES string of the molecule is CCCN1C(=O)C(=O)/C(=C(\O)c2ccc(F)c(C)c2)C1c1cccc(C)c1. The standard InChI is InChI=1S/C22H22FNO3/c1-4-10-24-19(15-7-5-6-13(2)11-15)18(21(26)22(24)27)20(25)16-8-9-17(23)14(3)12-16/h5-9,11-12,19,25H,4,10H2,1-3H3/b20-18-. The number of ketones is 1. The van der Waals surface area contributed by atoms with E-state index in [0.717, 1.165) is 11.1 Å². The number of Topliss-reactive ketones (excluding diaryl/α,β-unsaturated/α-hetero) is 1. The monoisotopic (exact) mass is 367 g/mol. The average molecular weight is 367 g/mol. The third-order valence-corrected chi connectivity index (χ3v) is 4.79. The van der Waals surface area contributed by atoms with E-state index in [1.165, 1.54) is 23.1 Å². The van der Waals surface area contributed by atoms with Crippen molar-refractivity contribution in [1.82, 2.24) is 4.90 Å². The second-order valence-electron chi connectivity index (χ2n) is 6.87. The van der Waals surface area contributed by atoms with Gasteiger partial charge >= 0.3 is 0 Å². The maximum absolute atomic E-state index is 13.6. The van der Waals surface area contributed by atoms with Gasteiger partial charge in [-0.2, -0.15) is 0 Å². The number of aryl methyl sites for hydroxylation is 2. The Morgan fingerprint density at radius 1 is 1.15 bits per heavy atom. The molecular weight excluding hydrogens is 345 g/mol. The number of aliphatic hydroxyl groups is 1. The van der Waals surface area contributed by atoms with Crippen LogP contribution in [0, 0.1) is 19.7 Å². The summed E-state index contributed by atoms with van der Waals surface area (Å²) in [4.78, 5) is 26.8. The van der Waals surface area contributed by atoms with Gasteiger partial charge in [0.15, 0.2) is 0 Å². The predicted molar refractivity (Wildman–Crippen MR) is 102 cm³/mol. The van der Waals surface area contributed by atoms with Gasteiger partial charge in [0.1, 0.15) is 11.6 Å². The Morgan fingerprint density at radius 2 is 1.89 bits per heavy atom. The number of hydrogen-bond acceptors (Lipinski definition) is 3. The van der Waals surface area contributed by atoms with E-state index >= 15 is 0 Å². The van der Waals surface area contributed by atoms with Gasteiger partial charge in [0.2, 0.25) is 0 Å². The first-order valence-corrected chi connectivity index (χ1v) is 8.96. The number of hydrogen-bond donors (Lipinski definition) is 1. The Morgan fingerprint density at radius 3 is 2.52 bits per heavy atom. The molecule has 0 spiro atoms. The van der Waals surface area contributed by atoms with Crippen molar-refractivity contribution in [1.29, 1.82) is 0 Å². The molecule has 0 aromatic heterocycles.